The highest BCUT2D eigenvalue weighted by molar-refractivity contribution is 8.03. The van der Waals surface area contributed by atoms with Crippen LogP contribution in [-0.4, -0.2) is 17.3 Å². The average Bonchev–Trinajstić information content (AvgIpc) is 2.99. The van der Waals surface area contributed by atoms with Crippen molar-refractivity contribution >= 4 is 35.3 Å². The van der Waals surface area contributed by atoms with Gasteiger partial charge in [0.15, 0.2) is 0 Å². The van der Waals surface area contributed by atoms with Gasteiger partial charge in [-0.05, 0) is 60.6 Å². The fourth-order valence-electron chi connectivity index (χ4n) is 5.44. The molecular formula is C38H70S3. The normalized spacial score (nSPS) is 11.5. The molecule has 0 unspecified atom stereocenters. The van der Waals surface area contributed by atoms with E-state index in [2.05, 4.69) is 75.1 Å². The molecule has 0 amide bonds. The maximum atomic E-state index is 2.55. The number of aryl methyl sites for hydroxylation is 1. The van der Waals surface area contributed by atoms with Crippen LogP contribution in [0.2, 0.25) is 0 Å². The number of hydrogen-bond acceptors (Lipinski definition) is 3. The predicted octanol–water partition coefficient (Wildman–Crippen LogP) is 14.9. The van der Waals surface area contributed by atoms with Gasteiger partial charge in [-0.1, -0.05) is 163 Å². The van der Waals surface area contributed by atoms with Crippen LogP contribution in [0.25, 0.3) is 0 Å². The van der Waals surface area contributed by atoms with E-state index in [9.17, 15) is 0 Å². The Morgan fingerprint density at radius 1 is 0.366 bits per heavy atom. The molecule has 0 radical (unpaired) electrons. The molecule has 0 aliphatic heterocycles. The van der Waals surface area contributed by atoms with E-state index in [1.165, 1.54) is 171 Å². The van der Waals surface area contributed by atoms with Crippen molar-refractivity contribution in [2.45, 2.75) is 203 Å². The summed E-state index contributed by atoms with van der Waals surface area (Å²) in [6, 6.07) is 5.09. The lowest BCUT2D eigenvalue weighted by Gasteiger charge is -2.16. The van der Waals surface area contributed by atoms with Gasteiger partial charge in [-0.25, -0.2) is 0 Å². The molecule has 0 nitrogen and oxygen atoms in total. The van der Waals surface area contributed by atoms with Gasteiger partial charge < -0.3 is 0 Å². The molecule has 0 aromatic heterocycles. The summed E-state index contributed by atoms with van der Waals surface area (Å²) in [5, 5.41) is 0. The van der Waals surface area contributed by atoms with Crippen molar-refractivity contribution < 1.29 is 0 Å². The van der Waals surface area contributed by atoms with Gasteiger partial charge in [-0.2, -0.15) is 0 Å². The molecule has 0 saturated heterocycles. The van der Waals surface area contributed by atoms with E-state index >= 15 is 0 Å². The van der Waals surface area contributed by atoms with Crippen LogP contribution in [-0.2, 0) is 6.42 Å². The second kappa shape index (κ2) is 30.3. The Hall–Kier alpha value is 0.270. The summed E-state index contributed by atoms with van der Waals surface area (Å²) in [5.41, 5.74) is 1.54. The molecule has 0 saturated carbocycles. The second-order valence-electron chi connectivity index (χ2n) is 12.2. The van der Waals surface area contributed by atoms with Gasteiger partial charge >= 0.3 is 0 Å². The first-order valence-electron chi connectivity index (χ1n) is 18.3. The molecule has 0 N–H and O–H groups in total. The number of benzene rings is 1. The molecule has 1 aromatic carbocycles. The molecule has 0 aliphatic rings. The van der Waals surface area contributed by atoms with Gasteiger partial charge in [0.05, 0.1) is 0 Å². The first-order valence-corrected chi connectivity index (χ1v) is 21.3. The third-order valence-electron chi connectivity index (χ3n) is 8.24. The highest BCUT2D eigenvalue weighted by Gasteiger charge is 2.13. The molecule has 0 fully saturated rings. The summed E-state index contributed by atoms with van der Waals surface area (Å²) in [7, 11) is 0. The van der Waals surface area contributed by atoms with E-state index in [4.69, 9.17) is 0 Å². The zero-order chi connectivity index (χ0) is 29.6. The minimum absolute atomic E-state index is 1.15. The Balaban J connectivity index is 2.60. The Morgan fingerprint density at radius 2 is 0.659 bits per heavy atom. The third kappa shape index (κ3) is 22.4. The highest BCUT2D eigenvalue weighted by Crippen LogP contribution is 2.41. The van der Waals surface area contributed by atoms with Gasteiger partial charge in [0.1, 0.15) is 0 Å². The lowest BCUT2D eigenvalue weighted by Crippen LogP contribution is -1.94. The zero-order valence-corrected chi connectivity index (χ0v) is 30.6. The molecule has 0 spiro atoms. The number of unbranched alkanes of at least 4 members (excludes halogenated alkanes) is 21. The van der Waals surface area contributed by atoms with Crippen molar-refractivity contribution in [2.75, 3.05) is 17.3 Å². The summed E-state index contributed by atoms with van der Waals surface area (Å²) in [4.78, 5) is 4.81. The van der Waals surface area contributed by atoms with Crippen LogP contribution >= 0.6 is 35.3 Å². The zero-order valence-electron chi connectivity index (χ0n) is 28.2. The van der Waals surface area contributed by atoms with Gasteiger partial charge in [-0.3, -0.25) is 0 Å². The van der Waals surface area contributed by atoms with Gasteiger partial charge in [0, 0.05) is 14.7 Å². The lowest BCUT2D eigenvalue weighted by molar-refractivity contribution is 0.586. The predicted molar refractivity (Wildman–Crippen MR) is 196 cm³/mol. The largest absolute Gasteiger partial charge is 0.125 e. The quantitative estimate of drug-likeness (QED) is 0.0597. The fourth-order valence-corrected chi connectivity index (χ4v) is 9.25. The maximum Gasteiger partial charge on any atom is 0.0344 e. The Kier molecular flexibility index (Phi) is 29.0. The molecule has 0 aliphatic carbocycles. The summed E-state index contributed by atoms with van der Waals surface area (Å²) >= 11 is 6.51. The van der Waals surface area contributed by atoms with E-state index in [1.54, 1.807) is 20.2 Å². The molecule has 1 aromatic rings. The highest BCUT2D eigenvalue weighted by atomic mass is 32.2. The van der Waals surface area contributed by atoms with Crippen LogP contribution in [0.4, 0.5) is 0 Å². The number of thioether (sulfide) groups is 3. The van der Waals surface area contributed by atoms with Crippen LogP contribution < -0.4 is 0 Å². The van der Waals surface area contributed by atoms with Crippen molar-refractivity contribution in [3.05, 3.63) is 17.7 Å². The Bertz CT molecular complexity index is 643. The number of hydrogen-bond donors (Lipinski definition) is 0. The number of rotatable bonds is 31. The van der Waals surface area contributed by atoms with Crippen molar-refractivity contribution in [3.8, 4) is 0 Å². The fraction of sp³-hybridized carbons (Fsp3) is 0.842. The van der Waals surface area contributed by atoms with Crippen molar-refractivity contribution in [1.82, 2.24) is 0 Å². The second-order valence-corrected chi connectivity index (χ2v) is 15.6. The van der Waals surface area contributed by atoms with Crippen molar-refractivity contribution in [2.24, 2.45) is 0 Å². The third-order valence-corrected chi connectivity index (χ3v) is 12.0. The molecule has 41 heavy (non-hydrogen) atoms. The van der Waals surface area contributed by atoms with Crippen molar-refractivity contribution in [3.63, 3.8) is 0 Å². The van der Waals surface area contributed by atoms with Crippen LogP contribution in [0.15, 0.2) is 26.8 Å². The van der Waals surface area contributed by atoms with Gasteiger partial charge in [-0.15, -0.1) is 35.3 Å². The first-order chi connectivity index (χ1) is 20.3. The summed E-state index contributed by atoms with van der Waals surface area (Å²) in [5.74, 6) is 3.86. The molecule has 0 atom stereocenters. The average molecular weight is 623 g/mol. The monoisotopic (exact) mass is 622 g/mol. The molecule has 240 valence electrons. The van der Waals surface area contributed by atoms with Crippen LogP contribution in [0, 0.1) is 0 Å². The smallest absolute Gasteiger partial charge is 0.0344 e. The van der Waals surface area contributed by atoms with Crippen molar-refractivity contribution in [1.29, 1.82) is 0 Å². The van der Waals surface area contributed by atoms with E-state index < -0.39 is 0 Å². The Morgan fingerprint density at radius 3 is 0.976 bits per heavy atom. The minimum Gasteiger partial charge on any atom is -0.125 e. The van der Waals surface area contributed by atoms with E-state index in [-0.39, 0.29) is 0 Å². The SMILES string of the molecule is CCCCCCCCCCSc1cc(CC)cc(SCCCCCCCCCC)c1SCCCCCCCCCC. The minimum atomic E-state index is 1.15. The van der Waals surface area contributed by atoms with Gasteiger partial charge in [0.25, 0.3) is 0 Å². The van der Waals surface area contributed by atoms with Crippen LogP contribution in [0.3, 0.4) is 0 Å². The Labute approximate surface area is 271 Å². The lowest BCUT2D eigenvalue weighted by atomic mass is 10.1. The van der Waals surface area contributed by atoms with Gasteiger partial charge in [0.2, 0.25) is 0 Å². The molecule has 3 heteroatoms. The molecule has 1 rings (SSSR count). The summed E-state index contributed by atoms with van der Waals surface area (Å²) in [6.45, 7) is 9.28. The first kappa shape index (κ1) is 39.3. The topological polar surface area (TPSA) is 0 Å². The van der Waals surface area contributed by atoms with Crippen LogP contribution in [0.1, 0.15) is 187 Å². The van der Waals surface area contributed by atoms with Crippen LogP contribution in [0.5, 0.6) is 0 Å². The molecular weight excluding hydrogens is 553 g/mol. The summed E-state index contributed by atoms with van der Waals surface area (Å²) in [6.07, 6.45) is 35.1. The molecule has 0 bridgehead atoms. The molecule has 0 heterocycles. The standard InChI is InChI=1S/C38H70S3/c1-5-9-12-15-18-21-24-27-30-39-36-33-35(8-4)34-37(40-31-28-25-22-19-16-13-10-6-2)38(36)41-32-29-26-23-20-17-14-11-7-3/h33-34H,5-32H2,1-4H3. The van der Waals surface area contributed by atoms with E-state index in [0.717, 1.165) is 6.42 Å². The van der Waals surface area contributed by atoms with E-state index in [1.807, 2.05) is 0 Å². The summed E-state index contributed by atoms with van der Waals surface area (Å²) < 4.78 is 0. The van der Waals surface area contributed by atoms with E-state index in [0.29, 0.717) is 0 Å². The maximum absolute atomic E-state index is 2.55.